The standard InChI is InChI=1S/C16H23N5O4/c1-11-8-20(9-13(25-11)12-2-3-12)16-14(21(22)23)15(17-10-18-16)19-4-6-24-7-5-19/h10-13H,2-9H2,1H3. The van der Waals surface area contributed by atoms with Crippen LogP contribution in [0.5, 0.6) is 0 Å². The Morgan fingerprint density at radius 3 is 2.48 bits per heavy atom. The summed E-state index contributed by atoms with van der Waals surface area (Å²) in [6, 6.07) is 0. The number of hydrogen-bond donors (Lipinski definition) is 0. The maximum Gasteiger partial charge on any atom is 0.353 e. The molecule has 2 atom stereocenters. The Labute approximate surface area is 146 Å². The molecular formula is C16H23N5O4. The number of aromatic nitrogens is 2. The fourth-order valence-electron chi connectivity index (χ4n) is 3.65. The van der Waals surface area contributed by atoms with Crippen LogP contribution in [0, 0.1) is 16.0 Å². The van der Waals surface area contributed by atoms with Gasteiger partial charge in [0.15, 0.2) is 0 Å². The molecule has 3 fully saturated rings. The van der Waals surface area contributed by atoms with Gasteiger partial charge in [-0.1, -0.05) is 0 Å². The SMILES string of the molecule is CC1CN(c2ncnc(N3CCOCC3)c2[N+](=O)[O-])CC(C2CC2)O1. The highest BCUT2D eigenvalue weighted by Gasteiger charge is 2.40. The molecule has 2 unspecified atom stereocenters. The van der Waals surface area contributed by atoms with Crippen molar-refractivity contribution in [2.45, 2.75) is 32.0 Å². The highest BCUT2D eigenvalue weighted by molar-refractivity contribution is 5.71. The molecule has 0 radical (unpaired) electrons. The van der Waals surface area contributed by atoms with Crippen LogP contribution in [0.15, 0.2) is 6.33 Å². The third-order valence-electron chi connectivity index (χ3n) is 5.01. The van der Waals surface area contributed by atoms with E-state index in [4.69, 9.17) is 9.47 Å². The predicted octanol–water partition coefficient (Wildman–Crippen LogP) is 1.23. The van der Waals surface area contributed by atoms with Crippen LogP contribution in [0.2, 0.25) is 0 Å². The minimum Gasteiger partial charge on any atom is -0.378 e. The number of morpholine rings is 2. The van der Waals surface area contributed by atoms with Crippen molar-refractivity contribution in [2.75, 3.05) is 49.2 Å². The summed E-state index contributed by atoms with van der Waals surface area (Å²) in [5.41, 5.74) is -0.00644. The lowest BCUT2D eigenvalue weighted by molar-refractivity contribution is -0.383. The summed E-state index contributed by atoms with van der Waals surface area (Å²) in [4.78, 5) is 23.9. The van der Waals surface area contributed by atoms with Crippen LogP contribution in [0.3, 0.4) is 0 Å². The number of rotatable bonds is 4. The van der Waals surface area contributed by atoms with E-state index in [1.54, 1.807) is 0 Å². The van der Waals surface area contributed by atoms with E-state index in [0.29, 0.717) is 56.9 Å². The second-order valence-electron chi connectivity index (χ2n) is 6.95. The van der Waals surface area contributed by atoms with Crippen LogP contribution in [-0.2, 0) is 9.47 Å². The van der Waals surface area contributed by atoms with E-state index in [1.165, 1.54) is 19.2 Å². The quantitative estimate of drug-likeness (QED) is 0.592. The molecule has 4 rings (SSSR count). The molecule has 0 N–H and O–H groups in total. The predicted molar refractivity (Wildman–Crippen MR) is 91.0 cm³/mol. The van der Waals surface area contributed by atoms with Gasteiger partial charge >= 0.3 is 5.69 Å². The van der Waals surface area contributed by atoms with Gasteiger partial charge in [0.25, 0.3) is 0 Å². The Morgan fingerprint density at radius 1 is 1.16 bits per heavy atom. The molecule has 25 heavy (non-hydrogen) atoms. The van der Waals surface area contributed by atoms with E-state index in [2.05, 4.69) is 9.97 Å². The van der Waals surface area contributed by atoms with E-state index in [-0.39, 0.29) is 22.8 Å². The topological polar surface area (TPSA) is 93.9 Å². The van der Waals surface area contributed by atoms with Gasteiger partial charge in [0, 0.05) is 26.2 Å². The molecular weight excluding hydrogens is 326 g/mol. The fraction of sp³-hybridized carbons (Fsp3) is 0.750. The molecule has 0 spiro atoms. The maximum absolute atomic E-state index is 11.8. The van der Waals surface area contributed by atoms with Crippen molar-refractivity contribution in [2.24, 2.45) is 5.92 Å². The van der Waals surface area contributed by atoms with Gasteiger partial charge < -0.3 is 19.3 Å². The Balaban J connectivity index is 1.67. The average molecular weight is 349 g/mol. The van der Waals surface area contributed by atoms with E-state index < -0.39 is 0 Å². The lowest BCUT2D eigenvalue weighted by atomic mass is 10.1. The molecule has 2 saturated heterocycles. The van der Waals surface area contributed by atoms with Crippen LogP contribution in [-0.4, -0.2) is 66.5 Å². The lowest BCUT2D eigenvalue weighted by Crippen LogP contribution is -2.48. The van der Waals surface area contributed by atoms with Crippen molar-refractivity contribution in [1.29, 1.82) is 0 Å². The van der Waals surface area contributed by atoms with Crippen LogP contribution in [0.4, 0.5) is 17.3 Å². The lowest BCUT2D eigenvalue weighted by Gasteiger charge is -2.37. The zero-order valence-electron chi connectivity index (χ0n) is 14.3. The van der Waals surface area contributed by atoms with Gasteiger partial charge in [-0.2, -0.15) is 0 Å². The van der Waals surface area contributed by atoms with Crippen molar-refractivity contribution in [3.05, 3.63) is 16.4 Å². The van der Waals surface area contributed by atoms with Crippen molar-refractivity contribution in [1.82, 2.24) is 9.97 Å². The molecule has 1 aromatic heterocycles. The molecule has 0 amide bonds. The second kappa shape index (κ2) is 6.72. The molecule has 1 aliphatic carbocycles. The van der Waals surface area contributed by atoms with Gasteiger partial charge in [-0.15, -0.1) is 0 Å². The van der Waals surface area contributed by atoms with Gasteiger partial charge in [-0.25, -0.2) is 9.97 Å². The van der Waals surface area contributed by atoms with Gasteiger partial charge in [-0.05, 0) is 25.7 Å². The van der Waals surface area contributed by atoms with Crippen molar-refractivity contribution >= 4 is 17.3 Å². The molecule has 3 aliphatic rings. The first-order valence-electron chi connectivity index (χ1n) is 8.86. The molecule has 1 saturated carbocycles. The van der Waals surface area contributed by atoms with Gasteiger partial charge in [0.2, 0.25) is 11.6 Å². The number of hydrogen-bond acceptors (Lipinski definition) is 8. The maximum atomic E-state index is 11.8. The first-order chi connectivity index (χ1) is 12.1. The number of nitro groups is 1. The van der Waals surface area contributed by atoms with Gasteiger partial charge in [0.05, 0.1) is 30.3 Å². The van der Waals surface area contributed by atoms with Crippen LogP contribution < -0.4 is 9.80 Å². The second-order valence-corrected chi connectivity index (χ2v) is 6.95. The molecule has 1 aromatic rings. The Bertz CT molecular complexity index is 647. The number of ether oxygens (including phenoxy) is 2. The Kier molecular flexibility index (Phi) is 4.43. The molecule has 9 heteroatoms. The van der Waals surface area contributed by atoms with Gasteiger partial charge in [-0.3, -0.25) is 10.1 Å². The van der Waals surface area contributed by atoms with E-state index in [0.717, 1.165) is 0 Å². The van der Waals surface area contributed by atoms with Crippen LogP contribution >= 0.6 is 0 Å². The monoisotopic (exact) mass is 349 g/mol. The molecule has 0 bridgehead atoms. The average Bonchev–Trinajstić information content (AvgIpc) is 3.46. The number of anilines is 2. The van der Waals surface area contributed by atoms with Crippen LogP contribution in [0.1, 0.15) is 19.8 Å². The van der Waals surface area contributed by atoms with Crippen molar-refractivity contribution in [3.8, 4) is 0 Å². The van der Waals surface area contributed by atoms with Crippen LogP contribution in [0.25, 0.3) is 0 Å². The number of nitrogens with zero attached hydrogens (tertiary/aromatic N) is 5. The third kappa shape index (κ3) is 3.38. The molecule has 2 aliphatic heterocycles. The normalized spacial score (nSPS) is 27.4. The summed E-state index contributed by atoms with van der Waals surface area (Å²) in [6.07, 6.45) is 3.94. The van der Waals surface area contributed by atoms with E-state index in [9.17, 15) is 10.1 Å². The Hall–Kier alpha value is -2.00. The highest BCUT2D eigenvalue weighted by atomic mass is 16.6. The van der Waals surface area contributed by atoms with E-state index in [1.807, 2.05) is 16.7 Å². The minimum absolute atomic E-state index is 0.00644. The van der Waals surface area contributed by atoms with Crippen molar-refractivity contribution < 1.29 is 14.4 Å². The van der Waals surface area contributed by atoms with Gasteiger partial charge in [0.1, 0.15) is 6.33 Å². The summed E-state index contributed by atoms with van der Waals surface area (Å²) < 4.78 is 11.4. The largest absolute Gasteiger partial charge is 0.378 e. The van der Waals surface area contributed by atoms with Crippen molar-refractivity contribution in [3.63, 3.8) is 0 Å². The zero-order chi connectivity index (χ0) is 17.4. The molecule has 3 heterocycles. The molecule has 136 valence electrons. The summed E-state index contributed by atoms with van der Waals surface area (Å²) in [6.45, 7) is 5.56. The first kappa shape index (κ1) is 16.5. The van der Waals surface area contributed by atoms with E-state index >= 15 is 0 Å². The first-order valence-corrected chi connectivity index (χ1v) is 8.86. The minimum atomic E-state index is -0.355. The highest BCUT2D eigenvalue weighted by Crippen LogP contribution is 2.40. The summed E-state index contributed by atoms with van der Waals surface area (Å²) in [7, 11) is 0. The summed E-state index contributed by atoms with van der Waals surface area (Å²) in [5.74, 6) is 1.37. The fourth-order valence-corrected chi connectivity index (χ4v) is 3.65. The summed E-state index contributed by atoms with van der Waals surface area (Å²) in [5, 5.41) is 11.8. The zero-order valence-corrected chi connectivity index (χ0v) is 14.3. The third-order valence-corrected chi connectivity index (χ3v) is 5.01. The summed E-state index contributed by atoms with van der Waals surface area (Å²) >= 11 is 0. The molecule has 9 nitrogen and oxygen atoms in total. The smallest absolute Gasteiger partial charge is 0.353 e. The Morgan fingerprint density at radius 2 is 1.84 bits per heavy atom. The molecule has 0 aromatic carbocycles.